The molecule has 0 saturated carbocycles. The van der Waals surface area contributed by atoms with Gasteiger partial charge in [0.1, 0.15) is 6.07 Å². The first kappa shape index (κ1) is 10.5. The van der Waals surface area contributed by atoms with Gasteiger partial charge in [-0.3, -0.25) is 0 Å². The van der Waals surface area contributed by atoms with E-state index in [1.165, 1.54) is 7.11 Å². The third-order valence-corrected chi connectivity index (χ3v) is 1.84. The zero-order valence-corrected chi connectivity index (χ0v) is 7.93. The Balaban J connectivity index is 3.32. The first-order chi connectivity index (χ1) is 6.60. The number of nitrogens with zero attached hydrogens (tertiary/aromatic N) is 1. The maximum Gasteiger partial charge on any atom is 0.337 e. The van der Waals surface area contributed by atoms with E-state index in [9.17, 15) is 9.18 Å². The number of ether oxygens (including phenoxy) is 1. The lowest BCUT2D eigenvalue weighted by Gasteiger charge is -2.01. The van der Waals surface area contributed by atoms with E-state index in [4.69, 9.17) is 16.9 Å². The molecule has 0 N–H and O–H groups in total. The molecular formula is C9H5ClFNO2. The Hall–Kier alpha value is -1.60. The topological polar surface area (TPSA) is 50.1 Å². The summed E-state index contributed by atoms with van der Waals surface area (Å²) in [6, 6.07) is 3.79. The van der Waals surface area contributed by atoms with E-state index in [0.29, 0.717) is 0 Å². The quantitative estimate of drug-likeness (QED) is 0.672. The Kier molecular flexibility index (Phi) is 3.05. The SMILES string of the molecule is COC(=O)c1cc(Cl)c(F)c(C#N)c1. The van der Waals surface area contributed by atoms with Crippen LogP contribution in [0.3, 0.4) is 0 Å². The second kappa shape index (κ2) is 4.07. The van der Waals surface area contributed by atoms with Crippen molar-refractivity contribution in [2.75, 3.05) is 7.11 Å². The highest BCUT2D eigenvalue weighted by molar-refractivity contribution is 6.31. The Labute approximate surface area is 84.7 Å². The van der Waals surface area contributed by atoms with Gasteiger partial charge in [-0.25, -0.2) is 9.18 Å². The molecule has 0 fully saturated rings. The molecule has 0 radical (unpaired) electrons. The summed E-state index contributed by atoms with van der Waals surface area (Å²) in [5.74, 6) is -1.50. The van der Waals surface area contributed by atoms with Crippen molar-refractivity contribution in [1.82, 2.24) is 0 Å². The van der Waals surface area contributed by atoms with Crippen LogP contribution in [0.4, 0.5) is 4.39 Å². The van der Waals surface area contributed by atoms with Crippen molar-refractivity contribution in [2.45, 2.75) is 0 Å². The van der Waals surface area contributed by atoms with E-state index < -0.39 is 11.8 Å². The van der Waals surface area contributed by atoms with Crippen molar-refractivity contribution in [3.63, 3.8) is 0 Å². The van der Waals surface area contributed by atoms with Gasteiger partial charge in [0, 0.05) is 0 Å². The van der Waals surface area contributed by atoms with Gasteiger partial charge >= 0.3 is 5.97 Å². The summed E-state index contributed by atoms with van der Waals surface area (Å²) in [4.78, 5) is 11.0. The zero-order valence-electron chi connectivity index (χ0n) is 7.17. The highest BCUT2D eigenvalue weighted by Gasteiger charge is 2.13. The standard InChI is InChI=1S/C9H5ClFNO2/c1-14-9(13)5-2-6(4-12)8(11)7(10)3-5/h2-3H,1H3. The van der Waals surface area contributed by atoms with Crippen LogP contribution in [0.15, 0.2) is 12.1 Å². The van der Waals surface area contributed by atoms with Gasteiger partial charge in [-0.1, -0.05) is 11.6 Å². The molecular weight excluding hydrogens is 209 g/mol. The lowest BCUT2D eigenvalue weighted by molar-refractivity contribution is 0.0600. The molecule has 1 rings (SSSR count). The zero-order chi connectivity index (χ0) is 10.7. The fourth-order valence-corrected chi connectivity index (χ4v) is 1.13. The number of benzene rings is 1. The van der Waals surface area contributed by atoms with Gasteiger partial charge in [0.2, 0.25) is 0 Å². The van der Waals surface area contributed by atoms with Crippen LogP contribution in [0.2, 0.25) is 5.02 Å². The maximum atomic E-state index is 13.0. The van der Waals surface area contributed by atoms with Crippen molar-refractivity contribution >= 4 is 17.6 Å². The smallest absolute Gasteiger partial charge is 0.337 e. The molecule has 5 heteroatoms. The Morgan fingerprint density at radius 3 is 2.79 bits per heavy atom. The minimum Gasteiger partial charge on any atom is -0.465 e. The first-order valence-corrected chi connectivity index (χ1v) is 3.95. The van der Waals surface area contributed by atoms with Crippen LogP contribution >= 0.6 is 11.6 Å². The molecule has 0 bridgehead atoms. The molecule has 0 saturated heterocycles. The molecule has 0 aromatic heterocycles. The normalized spacial score (nSPS) is 9.29. The second-order valence-corrected chi connectivity index (χ2v) is 2.83. The summed E-state index contributed by atoms with van der Waals surface area (Å²) in [7, 11) is 1.19. The van der Waals surface area contributed by atoms with E-state index in [0.717, 1.165) is 12.1 Å². The molecule has 0 spiro atoms. The fourth-order valence-electron chi connectivity index (χ4n) is 0.906. The number of esters is 1. The van der Waals surface area contributed by atoms with Crippen molar-refractivity contribution in [2.24, 2.45) is 0 Å². The summed E-state index contributed by atoms with van der Waals surface area (Å²) in [6.45, 7) is 0. The summed E-state index contributed by atoms with van der Waals surface area (Å²) in [6.07, 6.45) is 0. The molecule has 1 aromatic rings. The molecule has 3 nitrogen and oxygen atoms in total. The monoisotopic (exact) mass is 213 g/mol. The summed E-state index contributed by atoms with van der Waals surface area (Å²) < 4.78 is 17.4. The van der Waals surface area contributed by atoms with Crippen LogP contribution in [0.1, 0.15) is 15.9 Å². The van der Waals surface area contributed by atoms with Gasteiger partial charge in [-0.15, -0.1) is 0 Å². The highest BCUT2D eigenvalue weighted by Crippen LogP contribution is 2.20. The molecule has 0 aliphatic rings. The third kappa shape index (κ3) is 1.83. The minimum atomic E-state index is -0.832. The summed E-state index contributed by atoms with van der Waals surface area (Å²) in [5, 5.41) is 8.25. The number of carbonyl (C=O) groups excluding carboxylic acids is 1. The number of nitriles is 1. The molecule has 14 heavy (non-hydrogen) atoms. The van der Waals surface area contributed by atoms with Crippen molar-refractivity contribution in [3.05, 3.63) is 34.1 Å². The minimum absolute atomic E-state index is 0.0513. The Bertz CT molecular complexity index is 426. The average Bonchev–Trinajstić information content (AvgIpc) is 2.20. The number of carbonyl (C=O) groups is 1. The molecule has 0 heterocycles. The van der Waals surface area contributed by atoms with E-state index in [-0.39, 0.29) is 16.1 Å². The lowest BCUT2D eigenvalue weighted by Crippen LogP contribution is -2.02. The van der Waals surface area contributed by atoms with Crippen LogP contribution in [0.5, 0.6) is 0 Å². The van der Waals surface area contributed by atoms with Crippen molar-refractivity contribution < 1.29 is 13.9 Å². The van der Waals surface area contributed by atoms with Gasteiger partial charge in [-0.2, -0.15) is 5.26 Å². The number of hydrogen-bond donors (Lipinski definition) is 0. The molecule has 0 aliphatic heterocycles. The van der Waals surface area contributed by atoms with Gasteiger partial charge in [-0.05, 0) is 12.1 Å². The van der Waals surface area contributed by atoms with Crippen LogP contribution in [0, 0.1) is 17.1 Å². The predicted octanol–water partition coefficient (Wildman–Crippen LogP) is 2.14. The lowest BCUT2D eigenvalue weighted by atomic mass is 10.1. The summed E-state index contributed by atoms with van der Waals surface area (Å²) >= 11 is 5.46. The van der Waals surface area contributed by atoms with E-state index in [1.54, 1.807) is 6.07 Å². The van der Waals surface area contributed by atoms with E-state index in [2.05, 4.69) is 4.74 Å². The Morgan fingerprint density at radius 1 is 1.64 bits per heavy atom. The molecule has 0 atom stereocenters. The predicted molar refractivity (Wildman–Crippen MR) is 47.5 cm³/mol. The van der Waals surface area contributed by atoms with Gasteiger partial charge in [0.15, 0.2) is 5.82 Å². The van der Waals surface area contributed by atoms with E-state index in [1.807, 2.05) is 0 Å². The van der Waals surface area contributed by atoms with Crippen LogP contribution in [-0.2, 0) is 4.74 Å². The first-order valence-electron chi connectivity index (χ1n) is 3.57. The van der Waals surface area contributed by atoms with Crippen LogP contribution in [-0.4, -0.2) is 13.1 Å². The third-order valence-electron chi connectivity index (χ3n) is 1.57. The van der Waals surface area contributed by atoms with Gasteiger partial charge < -0.3 is 4.74 Å². The van der Waals surface area contributed by atoms with Crippen molar-refractivity contribution in [1.29, 1.82) is 5.26 Å². The van der Waals surface area contributed by atoms with Crippen LogP contribution in [0.25, 0.3) is 0 Å². The average molecular weight is 214 g/mol. The van der Waals surface area contributed by atoms with Gasteiger partial charge in [0.25, 0.3) is 0 Å². The number of rotatable bonds is 1. The molecule has 0 unspecified atom stereocenters. The molecule has 1 aromatic carbocycles. The second-order valence-electron chi connectivity index (χ2n) is 2.42. The number of halogens is 2. The van der Waals surface area contributed by atoms with E-state index >= 15 is 0 Å². The summed E-state index contributed by atoms with van der Waals surface area (Å²) in [5.41, 5.74) is -0.228. The number of hydrogen-bond acceptors (Lipinski definition) is 3. The Morgan fingerprint density at radius 2 is 2.29 bits per heavy atom. The van der Waals surface area contributed by atoms with Crippen molar-refractivity contribution in [3.8, 4) is 6.07 Å². The molecule has 0 amide bonds. The highest BCUT2D eigenvalue weighted by atomic mass is 35.5. The fraction of sp³-hybridized carbons (Fsp3) is 0.111. The maximum absolute atomic E-state index is 13.0. The van der Waals surface area contributed by atoms with Crippen LogP contribution < -0.4 is 0 Å². The molecule has 0 aliphatic carbocycles. The van der Waals surface area contributed by atoms with Gasteiger partial charge in [0.05, 0.1) is 23.3 Å². The molecule has 72 valence electrons. The largest absolute Gasteiger partial charge is 0.465 e. The number of methoxy groups -OCH3 is 1.